The SMILES string of the molecule is CC1(C)CN(Cc2cnco2)C(C)(C)CO1. The van der Waals surface area contributed by atoms with Crippen LogP contribution in [0, 0.1) is 0 Å². The highest BCUT2D eigenvalue weighted by Crippen LogP contribution is 2.29. The van der Waals surface area contributed by atoms with E-state index in [1.807, 2.05) is 0 Å². The van der Waals surface area contributed by atoms with Crippen molar-refractivity contribution >= 4 is 0 Å². The van der Waals surface area contributed by atoms with Gasteiger partial charge in [-0.15, -0.1) is 0 Å². The van der Waals surface area contributed by atoms with Crippen LogP contribution in [0.3, 0.4) is 0 Å². The van der Waals surface area contributed by atoms with E-state index in [0.717, 1.165) is 25.5 Å². The minimum absolute atomic E-state index is 0.0440. The number of morpholine rings is 1. The molecule has 16 heavy (non-hydrogen) atoms. The van der Waals surface area contributed by atoms with Gasteiger partial charge < -0.3 is 9.15 Å². The van der Waals surface area contributed by atoms with Gasteiger partial charge in [0.1, 0.15) is 5.76 Å². The van der Waals surface area contributed by atoms with Crippen LogP contribution < -0.4 is 0 Å². The van der Waals surface area contributed by atoms with E-state index in [0.29, 0.717) is 0 Å². The van der Waals surface area contributed by atoms with Crippen LogP contribution in [0.2, 0.25) is 0 Å². The molecule has 0 aliphatic carbocycles. The van der Waals surface area contributed by atoms with E-state index in [4.69, 9.17) is 9.15 Å². The molecule has 0 radical (unpaired) electrons. The van der Waals surface area contributed by atoms with Gasteiger partial charge in [0.15, 0.2) is 6.39 Å². The zero-order valence-electron chi connectivity index (χ0n) is 10.5. The molecule has 4 heteroatoms. The van der Waals surface area contributed by atoms with Crippen molar-refractivity contribution < 1.29 is 9.15 Å². The summed E-state index contributed by atoms with van der Waals surface area (Å²) in [5.74, 6) is 0.908. The van der Waals surface area contributed by atoms with Crippen molar-refractivity contribution in [3.8, 4) is 0 Å². The molecule has 2 rings (SSSR count). The van der Waals surface area contributed by atoms with Gasteiger partial charge in [-0.05, 0) is 27.7 Å². The van der Waals surface area contributed by atoms with Gasteiger partial charge in [-0.25, -0.2) is 4.98 Å². The van der Waals surface area contributed by atoms with E-state index < -0.39 is 0 Å². The van der Waals surface area contributed by atoms with Gasteiger partial charge >= 0.3 is 0 Å². The summed E-state index contributed by atoms with van der Waals surface area (Å²) in [6.07, 6.45) is 3.26. The van der Waals surface area contributed by atoms with E-state index in [-0.39, 0.29) is 11.1 Å². The Morgan fingerprint density at radius 2 is 2.12 bits per heavy atom. The maximum atomic E-state index is 5.84. The minimum Gasteiger partial charge on any atom is -0.447 e. The quantitative estimate of drug-likeness (QED) is 0.770. The van der Waals surface area contributed by atoms with Crippen LogP contribution in [-0.2, 0) is 11.3 Å². The highest BCUT2D eigenvalue weighted by atomic mass is 16.5. The van der Waals surface area contributed by atoms with Gasteiger partial charge in [0.2, 0.25) is 0 Å². The molecule has 0 saturated carbocycles. The highest BCUT2D eigenvalue weighted by Gasteiger charge is 2.39. The second kappa shape index (κ2) is 3.86. The molecular weight excluding hydrogens is 204 g/mol. The molecule has 1 fully saturated rings. The third-order valence-electron chi connectivity index (χ3n) is 3.07. The zero-order chi connectivity index (χ0) is 11.8. The smallest absolute Gasteiger partial charge is 0.180 e. The first kappa shape index (κ1) is 11.6. The Morgan fingerprint density at radius 1 is 1.38 bits per heavy atom. The summed E-state index contributed by atoms with van der Waals surface area (Å²) in [6.45, 7) is 11.1. The van der Waals surface area contributed by atoms with E-state index in [1.54, 1.807) is 6.20 Å². The van der Waals surface area contributed by atoms with Crippen molar-refractivity contribution in [1.82, 2.24) is 9.88 Å². The van der Waals surface area contributed by atoms with Crippen molar-refractivity contribution in [3.05, 3.63) is 18.4 Å². The fourth-order valence-electron chi connectivity index (χ4n) is 1.96. The molecule has 1 aliphatic heterocycles. The van der Waals surface area contributed by atoms with E-state index in [9.17, 15) is 0 Å². The number of ether oxygens (including phenoxy) is 1. The summed E-state index contributed by atoms with van der Waals surface area (Å²) in [6, 6.07) is 0. The van der Waals surface area contributed by atoms with Crippen molar-refractivity contribution in [3.63, 3.8) is 0 Å². The molecule has 4 nitrogen and oxygen atoms in total. The van der Waals surface area contributed by atoms with E-state index in [2.05, 4.69) is 37.6 Å². The molecule has 0 spiro atoms. The van der Waals surface area contributed by atoms with Gasteiger partial charge in [0.25, 0.3) is 0 Å². The van der Waals surface area contributed by atoms with Gasteiger partial charge in [-0.2, -0.15) is 0 Å². The largest absolute Gasteiger partial charge is 0.447 e. The molecule has 0 N–H and O–H groups in total. The molecule has 2 heterocycles. The first-order valence-electron chi connectivity index (χ1n) is 5.65. The fraction of sp³-hybridized carbons (Fsp3) is 0.750. The van der Waals surface area contributed by atoms with Crippen LogP contribution in [-0.4, -0.2) is 34.2 Å². The molecule has 0 bridgehead atoms. The van der Waals surface area contributed by atoms with Crippen molar-refractivity contribution in [2.24, 2.45) is 0 Å². The topological polar surface area (TPSA) is 38.5 Å². The first-order chi connectivity index (χ1) is 7.39. The Bertz CT molecular complexity index is 344. The Morgan fingerprint density at radius 3 is 2.75 bits per heavy atom. The van der Waals surface area contributed by atoms with Crippen LogP contribution >= 0.6 is 0 Å². The summed E-state index contributed by atoms with van der Waals surface area (Å²) in [5, 5.41) is 0. The minimum atomic E-state index is -0.0878. The molecule has 0 unspecified atom stereocenters. The summed E-state index contributed by atoms with van der Waals surface area (Å²) in [5.41, 5.74) is -0.0438. The second-order valence-electron chi connectivity index (χ2n) is 5.68. The van der Waals surface area contributed by atoms with Crippen LogP contribution in [0.25, 0.3) is 0 Å². The molecule has 1 aliphatic rings. The van der Waals surface area contributed by atoms with Gasteiger partial charge in [0.05, 0.1) is 24.9 Å². The third-order valence-corrected chi connectivity index (χ3v) is 3.07. The number of aromatic nitrogens is 1. The van der Waals surface area contributed by atoms with E-state index in [1.165, 1.54) is 6.39 Å². The number of hydrogen-bond donors (Lipinski definition) is 0. The molecule has 1 aromatic heterocycles. The highest BCUT2D eigenvalue weighted by molar-refractivity contribution is 4.96. The molecule has 1 saturated heterocycles. The lowest BCUT2D eigenvalue weighted by Crippen LogP contribution is -2.58. The predicted octanol–water partition coefficient (Wildman–Crippen LogP) is 2.06. The Hall–Kier alpha value is -0.870. The Balaban J connectivity index is 2.10. The molecule has 0 aromatic carbocycles. The first-order valence-corrected chi connectivity index (χ1v) is 5.65. The summed E-state index contributed by atoms with van der Waals surface area (Å²) in [4.78, 5) is 6.33. The lowest BCUT2D eigenvalue weighted by atomic mass is 9.96. The Kier molecular flexibility index (Phi) is 2.80. The monoisotopic (exact) mass is 224 g/mol. The second-order valence-corrected chi connectivity index (χ2v) is 5.68. The van der Waals surface area contributed by atoms with Gasteiger partial charge in [-0.3, -0.25) is 4.90 Å². The lowest BCUT2D eigenvalue weighted by molar-refractivity contribution is -0.147. The zero-order valence-corrected chi connectivity index (χ0v) is 10.5. The molecule has 1 aromatic rings. The maximum absolute atomic E-state index is 5.84. The third kappa shape index (κ3) is 2.44. The standard InChI is InChI=1S/C12H20N2O2/c1-11(2)8-16-12(3,4)7-14(11)6-10-5-13-9-15-10/h5,9H,6-8H2,1-4H3. The summed E-state index contributed by atoms with van der Waals surface area (Å²) in [7, 11) is 0. The van der Waals surface area contributed by atoms with Crippen LogP contribution in [0.5, 0.6) is 0 Å². The van der Waals surface area contributed by atoms with Crippen molar-refractivity contribution in [2.45, 2.75) is 45.4 Å². The number of nitrogens with zero attached hydrogens (tertiary/aromatic N) is 2. The lowest BCUT2D eigenvalue weighted by Gasteiger charge is -2.48. The number of hydrogen-bond acceptors (Lipinski definition) is 4. The average Bonchev–Trinajstić information content (AvgIpc) is 2.65. The van der Waals surface area contributed by atoms with Crippen LogP contribution in [0.15, 0.2) is 17.0 Å². The number of oxazole rings is 1. The average molecular weight is 224 g/mol. The molecule has 90 valence electrons. The van der Waals surface area contributed by atoms with Crippen molar-refractivity contribution in [2.75, 3.05) is 13.2 Å². The van der Waals surface area contributed by atoms with E-state index >= 15 is 0 Å². The number of rotatable bonds is 2. The normalized spacial score (nSPS) is 24.5. The molecule has 0 atom stereocenters. The van der Waals surface area contributed by atoms with Crippen LogP contribution in [0.4, 0.5) is 0 Å². The Labute approximate surface area is 96.6 Å². The summed E-state index contributed by atoms with van der Waals surface area (Å²) < 4.78 is 11.1. The van der Waals surface area contributed by atoms with Crippen LogP contribution in [0.1, 0.15) is 33.5 Å². The maximum Gasteiger partial charge on any atom is 0.180 e. The predicted molar refractivity (Wildman–Crippen MR) is 61.0 cm³/mol. The molecular formula is C12H20N2O2. The molecule has 0 amide bonds. The van der Waals surface area contributed by atoms with Gasteiger partial charge in [0, 0.05) is 12.1 Å². The van der Waals surface area contributed by atoms with Crippen molar-refractivity contribution in [1.29, 1.82) is 0 Å². The summed E-state index contributed by atoms with van der Waals surface area (Å²) >= 11 is 0. The fourth-order valence-corrected chi connectivity index (χ4v) is 1.96. The van der Waals surface area contributed by atoms with Gasteiger partial charge in [-0.1, -0.05) is 0 Å².